The second-order valence-electron chi connectivity index (χ2n) is 5.21. The van der Waals surface area contributed by atoms with Gasteiger partial charge in [0.1, 0.15) is 5.82 Å². The number of halogens is 1. The fraction of sp³-hybridized carbons (Fsp3) is 0.111. The summed E-state index contributed by atoms with van der Waals surface area (Å²) in [4.78, 5) is 16.4. The van der Waals surface area contributed by atoms with Gasteiger partial charge in [0.25, 0.3) is 5.91 Å². The molecule has 23 heavy (non-hydrogen) atoms. The zero-order chi connectivity index (χ0) is 16.1. The van der Waals surface area contributed by atoms with Gasteiger partial charge in [-0.15, -0.1) is 0 Å². The molecule has 116 valence electrons. The summed E-state index contributed by atoms with van der Waals surface area (Å²) in [7, 11) is 0. The fourth-order valence-electron chi connectivity index (χ4n) is 2.40. The molecular formula is C18H16FN3O. The van der Waals surface area contributed by atoms with Gasteiger partial charge in [0.15, 0.2) is 0 Å². The van der Waals surface area contributed by atoms with Crippen molar-refractivity contribution in [3.63, 3.8) is 0 Å². The second kappa shape index (κ2) is 6.87. The third-order valence-corrected chi connectivity index (χ3v) is 3.55. The van der Waals surface area contributed by atoms with Crippen molar-refractivity contribution < 1.29 is 9.18 Å². The van der Waals surface area contributed by atoms with E-state index in [-0.39, 0.29) is 11.9 Å². The minimum atomic E-state index is -0.427. The lowest BCUT2D eigenvalue weighted by molar-refractivity contribution is 0.0932. The standard InChI is InChI=1S/C18H16FN3O/c19-16-8-4-7-15(11-16)18(23)21-17(12-22-10-9-20-13-22)14-5-2-1-3-6-14/h1-11,13,17H,12H2,(H,21,23)/t17-/m0/s1. The van der Waals surface area contributed by atoms with Gasteiger partial charge in [-0.1, -0.05) is 36.4 Å². The van der Waals surface area contributed by atoms with Gasteiger partial charge < -0.3 is 9.88 Å². The summed E-state index contributed by atoms with van der Waals surface area (Å²) in [6, 6.07) is 15.1. The first-order valence-corrected chi connectivity index (χ1v) is 7.29. The van der Waals surface area contributed by atoms with Crippen LogP contribution in [0.4, 0.5) is 4.39 Å². The van der Waals surface area contributed by atoms with Crippen molar-refractivity contribution in [1.82, 2.24) is 14.9 Å². The SMILES string of the molecule is O=C(N[C@@H](Cn1ccnc1)c1ccccc1)c1cccc(F)c1. The Balaban J connectivity index is 1.82. The Morgan fingerprint density at radius 3 is 2.70 bits per heavy atom. The molecule has 2 aromatic carbocycles. The molecule has 0 aliphatic carbocycles. The lowest BCUT2D eigenvalue weighted by atomic mass is 10.1. The van der Waals surface area contributed by atoms with Crippen LogP contribution in [0.2, 0.25) is 0 Å². The van der Waals surface area contributed by atoms with E-state index in [1.807, 2.05) is 41.1 Å². The number of hydrogen-bond acceptors (Lipinski definition) is 2. The molecule has 0 fully saturated rings. The molecule has 1 amide bonds. The summed E-state index contributed by atoms with van der Waals surface area (Å²) in [5.74, 6) is -0.734. The van der Waals surface area contributed by atoms with Gasteiger partial charge in [-0.3, -0.25) is 4.79 Å². The highest BCUT2D eigenvalue weighted by Gasteiger charge is 2.16. The quantitative estimate of drug-likeness (QED) is 0.787. The normalized spacial score (nSPS) is 11.9. The predicted molar refractivity (Wildman–Crippen MR) is 85.3 cm³/mol. The van der Waals surface area contributed by atoms with E-state index in [4.69, 9.17) is 0 Å². The Hall–Kier alpha value is -2.95. The van der Waals surface area contributed by atoms with Gasteiger partial charge in [-0.25, -0.2) is 9.37 Å². The van der Waals surface area contributed by atoms with E-state index in [1.165, 1.54) is 18.2 Å². The number of nitrogens with zero attached hydrogens (tertiary/aromatic N) is 2. The van der Waals surface area contributed by atoms with E-state index in [9.17, 15) is 9.18 Å². The van der Waals surface area contributed by atoms with E-state index in [0.29, 0.717) is 12.1 Å². The number of benzene rings is 2. The molecule has 3 aromatic rings. The number of nitrogens with one attached hydrogen (secondary N) is 1. The summed E-state index contributed by atoms with van der Waals surface area (Å²) >= 11 is 0. The van der Waals surface area contributed by atoms with E-state index >= 15 is 0 Å². The summed E-state index contributed by atoms with van der Waals surface area (Å²) in [6.45, 7) is 0.547. The van der Waals surface area contributed by atoms with Gasteiger partial charge in [0.05, 0.1) is 12.4 Å². The molecule has 1 aromatic heterocycles. The van der Waals surface area contributed by atoms with E-state index < -0.39 is 5.82 Å². The summed E-state index contributed by atoms with van der Waals surface area (Å²) in [5, 5.41) is 2.96. The van der Waals surface area contributed by atoms with Crippen molar-refractivity contribution in [2.75, 3.05) is 0 Å². The smallest absolute Gasteiger partial charge is 0.251 e. The molecule has 3 rings (SSSR count). The molecule has 1 atom stereocenters. The van der Waals surface area contributed by atoms with Gasteiger partial charge in [-0.2, -0.15) is 0 Å². The van der Waals surface area contributed by atoms with Crippen LogP contribution in [-0.4, -0.2) is 15.5 Å². The Kier molecular flexibility index (Phi) is 4.47. The predicted octanol–water partition coefficient (Wildman–Crippen LogP) is 3.19. The highest BCUT2D eigenvalue weighted by atomic mass is 19.1. The van der Waals surface area contributed by atoms with Crippen LogP contribution in [0.25, 0.3) is 0 Å². The van der Waals surface area contributed by atoms with Crippen LogP contribution in [0.3, 0.4) is 0 Å². The van der Waals surface area contributed by atoms with Gasteiger partial charge in [0, 0.05) is 24.5 Å². The molecule has 0 radical (unpaired) electrons. The molecule has 0 aliphatic heterocycles. The number of rotatable bonds is 5. The Morgan fingerprint density at radius 1 is 1.17 bits per heavy atom. The van der Waals surface area contributed by atoms with E-state index in [2.05, 4.69) is 10.3 Å². The molecule has 0 saturated carbocycles. The minimum Gasteiger partial charge on any atom is -0.343 e. The maximum atomic E-state index is 13.3. The van der Waals surface area contributed by atoms with Crippen LogP contribution < -0.4 is 5.32 Å². The zero-order valence-corrected chi connectivity index (χ0v) is 12.4. The van der Waals surface area contributed by atoms with Crippen molar-refractivity contribution in [3.05, 3.63) is 90.3 Å². The largest absolute Gasteiger partial charge is 0.343 e. The molecule has 1 N–H and O–H groups in total. The van der Waals surface area contributed by atoms with Crippen LogP contribution in [0.15, 0.2) is 73.3 Å². The molecule has 0 spiro atoms. The number of carbonyl (C=O) groups is 1. The van der Waals surface area contributed by atoms with E-state index in [1.54, 1.807) is 18.6 Å². The molecule has 4 nitrogen and oxygen atoms in total. The zero-order valence-electron chi connectivity index (χ0n) is 12.4. The second-order valence-corrected chi connectivity index (χ2v) is 5.21. The molecular weight excluding hydrogens is 293 g/mol. The summed E-state index contributed by atoms with van der Waals surface area (Å²) < 4.78 is 15.2. The van der Waals surface area contributed by atoms with Crippen molar-refractivity contribution in [2.45, 2.75) is 12.6 Å². The Morgan fingerprint density at radius 2 is 2.00 bits per heavy atom. The van der Waals surface area contributed by atoms with Crippen molar-refractivity contribution in [2.24, 2.45) is 0 Å². The minimum absolute atomic E-state index is 0.235. The number of aromatic nitrogens is 2. The molecule has 0 saturated heterocycles. The fourth-order valence-corrected chi connectivity index (χ4v) is 2.40. The van der Waals surface area contributed by atoms with Crippen molar-refractivity contribution in [1.29, 1.82) is 0 Å². The van der Waals surface area contributed by atoms with Gasteiger partial charge in [0.2, 0.25) is 0 Å². The van der Waals surface area contributed by atoms with Gasteiger partial charge >= 0.3 is 0 Å². The topological polar surface area (TPSA) is 46.9 Å². The highest BCUT2D eigenvalue weighted by Crippen LogP contribution is 2.16. The molecule has 5 heteroatoms. The van der Waals surface area contributed by atoms with Crippen molar-refractivity contribution in [3.8, 4) is 0 Å². The average Bonchev–Trinajstić information content (AvgIpc) is 3.08. The lowest BCUT2D eigenvalue weighted by Gasteiger charge is -2.20. The average molecular weight is 309 g/mol. The summed E-state index contributed by atoms with van der Waals surface area (Å²) in [5.41, 5.74) is 1.28. The lowest BCUT2D eigenvalue weighted by Crippen LogP contribution is -2.31. The van der Waals surface area contributed by atoms with Crippen LogP contribution in [0, 0.1) is 5.82 Å². The molecule has 0 unspecified atom stereocenters. The monoisotopic (exact) mass is 309 g/mol. The van der Waals surface area contributed by atoms with Crippen LogP contribution in [0.1, 0.15) is 22.0 Å². The van der Waals surface area contributed by atoms with Crippen LogP contribution in [-0.2, 0) is 6.54 Å². The Labute approximate surface area is 133 Å². The third-order valence-electron chi connectivity index (χ3n) is 3.55. The maximum absolute atomic E-state index is 13.3. The Bertz CT molecular complexity index is 772. The number of imidazole rings is 1. The molecule has 1 heterocycles. The van der Waals surface area contributed by atoms with Crippen molar-refractivity contribution >= 4 is 5.91 Å². The molecule has 0 aliphatic rings. The molecule has 0 bridgehead atoms. The first-order valence-electron chi connectivity index (χ1n) is 7.29. The number of carbonyl (C=O) groups excluding carboxylic acids is 1. The van der Waals surface area contributed by atoms with Gasteiger partial charge in [-0.05, 0) is 23.8 Å². The summed E-state index contributed by atoms with van der Waals surface area (Å²) in [6.07, 6.45) is 5.23. The first kappa shape index (κ1) is 15.0. The highest BCUT2D eigenvalue weighted by molar-refractivity contribution is 5.94. The number of hydrogen-bond donors (Lipinski definition) is 1. The van der Waals surface area contributed by atoms with Crippen LogP contribution in [0.5, 0.6) is 0 Å². The van der Waals surface area contributed by atoms with Crippen LogP contribution >= 0.6 is 0 Å². The maximum Gasteiger partial charge on any atom is 0.251 e. The van der Waals surface area contributed by atoms with E-state index in [0.717, 1.165) is 5.56 Å². The third kappa shape index (κ3) is 3.83. The first-order chi connectivity index (χ1) is 11.2. The number of amides is 1.